The summed E-state index contributed by atoms with van der Waals surface area (Å²) in [6.45, 7) is 3.59. The smallest absolute Gasteiger partial charge is 0.379 e. The van der Waals surface area contributed by atoms with Crippen molar-refractivity contribution in [3.05, 3.63) is 53.9 Å². The van der Waals surface area contributed by atoms with Crippen molar-refractivity contribution < 1.29 is 32.3 Å². The lowest BCUT2D eigenvalue weighted by Gasteiger charge is -2.27. The number of hydrogen-bond acceptors (Lipinski definition) is 7. The summed E-state index contributed by atoms with van der Waals surface area (Å²) in [5.74, 6) is -0.908. The lowest BCUT2D eigenvalue weighted by Crippen LogP contribution is -2.48. The maximum absolute atomic E-state index is 13.2. The first kappa shape index (κ1) is 24.9. The van der Waals surface area contributed by atoms with E-state index in [2.05, 4.69) is 10.4 Å². The molecule has 1 aromatic heterocycles. The third kappa shape index (κ3) is 5.74. The molecule has 2 aromatic rings. The van der Waals surface area contributed by atoms with Crippen LogP contribution >= 0.6 is 11.8 Å². The summed E-state index contributed by atoms with van der Waals surface area (Å²) in [6, 6.07) is 5.15. The number of nitrogens with zero attached hydrogens (tertiary/aromatic N) is 4. The predicted octanol–water partition coefficient (Wildman–Crippen LogP) is 3.03. The van der Waals surface area contributed by atoms with Gasteiger partial charge in [-0.3, -0.25) is 20.0 Å². The number of benzene rings is 1. The molecule has 4 rings (SSSR count). The zero-order chi connectivity index (χ0) is 25.2. The van der Waals surface area contributed by atoms with E-state index >= 15 is 0 Å². The van der Waals surface area contributed by atoms with Gasteiger partial charge < -0.3 is 9.64 Å². The van der Waals surface area contributed by atoms with Crippen LogP contribution in [0.5, 0.6) is 0 Å². The number of aromatic nitrogens is 1. The number of morpholine rings is 1. The highest BCUT2D eigenvalue weighted by molar-refractivity contribution is 8.00. The van der Waals surface area contributed by atoms with Gasteiger partial charge in [0.25, 0.3) is 11.8 Å². The number of amides is 4. The van der Waals surface area contributed by atoms with Crippen LogP contribution in [0.3, 0.4) is 0 Å². The average molecular weight is 510 g/mol. The van der Waals surface area contributed by atoms with Crippen molar-refractivity contribution in [3.8, 4) is 0 Å². The Morgan fingerprint density at radius 1 is 1.17 bits per heavy atom. The molecule has 4 amide bonds. The minimum Gasteiger partial charge on any atom is -0.379 e. The first-order valence-electron chi connectivity index (χ1n) is 10.7. The van der Waals surface area contributed by atoms with Crippen molar-refractivity contribution in [2.75, 3.05) is 31.2 Å². The maximum atomic E-state index is 13.2. The van der Waals surface area contributed by atoms with Gasteiger partial charge in [0.2, 0.25) is 0 Å². The normalized spacial score (nSPS) is 19.4. The van der Waals surface area contributed by atoms with Crippen molar-refractivity contribution in [3.63, 3.8) is 0 Å². The number of halogens is 3. The number of nitrogens with one attached hydrogen (secondary N) is 1. The van der Waals surface area contributed by atoms with E-state index in [1.807, 2.05) is 0 Å². The second kappa shape index (κ2) is 10.2. The lowest BCUT2D eigenvalue weighted by atomic mass is 10.1. The number of urea groups is 1. The topological polar surface area (TPSA) is 95.1 Å². The standard InChI is InChI=1S/C22H22F3N5O4S/c1-14-20(32)30(16-2-4-17(5-3-16)35-22(23,24)25)21(33)29(14)13-15-6-7-26-12-18(15)19(31)27-28-8-10-34-11-9-28/h2-7,12,14H,8-11,13H2,1H3,(H,27,31). The fourth-order valence-electron chi connectivity index (χ4n) is 3.78. The Kier molecular flexibility index (Phi) is 7.28. The Hall–Kier alpha value is -3.16. The SMILES string of the molecule is CC1C(=O)N(c2ccc(SC(F)(F)F)cc2)C(=O)N1Cc1ccncc1C(=O)NN1CCOCC1. The number of thioether (sulfide) groups is 1. The van der Waals surface area contributed by atoms with E-state index in [1.165, 1.54) is 41.6 Å². The minimum absolute atomic E-state index is 0.0291. The summed E-state index contributed by atoms with van der Waals surface area (Å²) < 4.78 is 43.1. The molecular weight excluding hydrogens is 487 g/mol. The Labute approximate surface area is 203 Å². The molecule has 13 heteroatoms. The molecule has 0 bridgehead atoms. The molecule has 0 radical (unpaired) electrons. The lowest BCUT2D eigenvalue weighted by molar-refractivity contribution is -0.119. The molecule has 35 heavy (non-hydrogen) atoms. The third-order valence-electron chi connectivity index (χ3n) is 5.58. The fraction of sp³-hybridized carbons (Fsp3) is 0.364. The molecule has 0 aliphatic carbocycles. The second-order valence-corrected chi connectivity index (χ2v) is 9.01. The maximum Gasteiger partial charge on any atom is 0.446 e. The second-order valence-electron chi connectivity index (χ2n) is 7.87. The Morgan fingerprint density at radius 2 is 1.86 bits per heavy atom. The molecule has 9 nitrogen and oxygen atoms in total. The number of alkyl halides is 3. The molecule has 0 saturated carbocycles. The van der Waals surface area contributed by atoms with Crippen LogP contribution in [0.2, 0.25) is 0 Å². The van der Waals surface area contributed by atoms with E-state index in [-0.39, 0.29) is 34.5 Å². The molecule has 186 valence electrons. The number of hydrazine groups is 1. The Balaban J connectivity index is 1.50. The van der Waals surface area contributed by atoms with Crippen molar-refractivity contribution in [2.45, 2.75) is 29.9 Å². The fourth-order valence-corrected chi connectivity index (χ4v) is 4.32. The largest absolute Gasteiger partial charge is 0.446 e. The monoisotopic (exact) mass is 509 g/mol. The molecule has 1 unspecified atom stereocenters. The van der Waals surface area contributed by atoms with E-state index in [4.69, 9.17) is 4.74 Å². The molecule has 1 aromatic carbocycles. The molecule has 1 N–H and O–H groups in total. The predicted molar refractivity (Wildman–Crippen MR) is 120 cm³/mol. The first-order valence-corrected chi connectivity index (χ1v) is 11.5. The summed E-state index contributed by atoms with van der Waals surface area (Å²) in [7, 11) is 0. The Bertz CT molecular complexity index is 1110. The van der Waals surface area contributed by atoms with Gasteiger partial charge in [0.15, 0.2) is 0 Å². The summed E-state index contributed by atoms with van der Waals surface area (Å²) >= 11 is -0.280. The average Bonchev–Trinajstić information content (AvgIpc) is 3.03. The quantitative estimate of drug-likeness (QED) is 0.473. The van der Waals surface area contributed by atoms with Gasteiger partial charge >= 0.3 is 11.5 Å². The molecule has 2 aliphatic rings. The number of imide groups is 1. The highest BCUT2D eigenvalue weighted by atomic mass is 32.2. The van der Waals surface area contributed by atoms with Gasteiger partial charge in [-0.15, -0.1) is 0 Å². The highest BCUT2D eigenvalue weighted by Gasteiger charge is 2.43. The van der Waals surface area contributed by atoms with Gasteiger partial charge in [-0.05, 0) is 54.6 Å². The molecule has 2 aliphatic heterocycles. The summed E-state index contributed by atoms with van der Waals surface area (Å²) in [6.07, 6.45) is 2.88. The van der Waals surface area contributed by atoms with Crippen molar-refractivity contribution in [1.29, 1.82) is 0 Å². The molecular formula is C22H22F3N5O4S. The Morgan fingerprint density at radius 3 is 2.51 bits per heavy atom. The van der Waals surface area contributed by atoms with E-state index in [1.54, 1.807) is 18.0 Å². The van der Waals surface area contributed by atoms with Crippen LogP contribution in [0, 0.1) is 0 Å². The van der Waals surface area contributed by atoms with Gasteiger partial charge in [0.05, 0.1) is 24.5 Å². The van der Waals surface area contributed by atoms with E-state index in [0.717, 1.165) is 4.90 Å². The molecule has 1 atom stereocenters. The minimum atomic E-state index is -4.44. The van der Waals surface area contributed by atoms with E-state index < -0.39 is 29.4 Å². The molecule has 2 fully saturated rings. The van der Waals surface area contributed by atoms with Crippen LogP contribution in [-0.4, -0.2) is 70.6 Å². The summed E-state index contributed by atoms with van der Waals surface area (Å²) in [5, 5.41) is 1.73. The molecule has 0 spiro atoms. The first-order chi connectivity index (χ1) is 16.6. The van der Waals surface area contributed by atoms with Crippen LogP contribution in [-0.2, 0) is 16.1 Å². The van der Waals surface area contributed by atoms with Crippen LogP contribution in [0.25, 0.3) is 0 Å². The number of carbonyl (C=O) groups excluding carboxylic acids is 3. The number of carbonyl (C=O) groups is 3. The highest BCUT2D eigenvalue weighted by Crippen LogP contribution is 2.38. The van der Waals surface area contributed by atoms with Gasteiger partial charge in [-0.25, -0.2) is 14.7 Å². The summed E-state index contributed by atoms with van der Waals surface area (Å²) in [4.78, 5) is 45.1. The number of ether oxygens (including phenoxy) is 1. The number of rotatable bonds is 6. The van der Waals surface area contributed by atoms with Crippen LogP contribution in [0.1, 0.15) is 22.8 Å². The van der Waals surface area contributed by atoms with Crippen molar-refractivity contribution in [1.82, 2.24) is 20.3 Å². The van der Waals surface area contributed by atoms with Crippen LogP contribution in [0.4, 0.5) is 23.7 Å². The van der Waals surface area contributed by atoms with E-state index in [9.17, 15) is 27.6 Å². The van der Waals surface area contributed by atoms with Crippen LogP contribution < -0.4 is 10.3 Å². The zero-order valence-electron chi connectivity index (χ0n) is 18.6. The van der Waals surface area contributed by atoms with Crippen molar-refractivity contribution in [2.24, 2.45) is 0 Å². The number of pyridine rings is 1. The zero-order valence-corrected chi connectivity index (χ0v) is 19.4. The van der Waals surface area contributed by atoms with Gasteiger partial charge in [0.1, 0.15) is 6.04 Å². The summed E-state index contributed by atoms with van der Waals surface area (Å²) in [5.41, 5.74) is -0.715. The molecule has 3 heterocycles. The third-order valence-corrected chi connectivity index (χ3v) is 6.32. The molecule has 2 saturated heterocycles. The number of anilines is 1. The van der Waals surface area contributed by atoms with Crippen LogP contribution in [0.15, 0.2) is 47.6 Å². The van der Waals surface area contributed by atoms with Crippen molar-refractivity contribution >= 4 is 35.3 Å². The van der Waals surface area contributed by atoms with Gasteiger partial charge in [-0.1, -0.05) is 0 Å². The van der Waals surface area contributed by atoms with E-state index in [0.29, 0.717) is 31.9 Å². The van der Waals surface area contributed by atoms with Gasteiger partial charge in [-0.2, -0.15) is 13.2 Å². The van der Waals surface area contributed by atoms with Gasteiger partial charge in [0, 0.05) is 36.9 Å². The number of hydrogen-bond donors (Lipinski definition) is 1.